The van der Waals surface area contributed by atoms with Crippen molar-refractivity contribution in [1.29, 1.82) is 0 Å². The molecule has 0 saturated heterocycles. The second-order valence-electron chi connectivity index (χ2n) is 6.54. The lowest BCUT2D eigenvalue weighted by Crippen LogP contribution is -1.96. The zero-order valence-electron chi connectivity index (χ0n) is 15.2. The average molecular weight is 401 g/mol. The van der Waals surface area contributed by atoms with Gasteiger partial charge in [0.15, 0.2) is 0 Å². The maximum absolute atomic E-state index is 6.40. The number of fused-ring (bicyclic) bond motifs is 1. The first kappa shape index (κ1) is 18.0. The Morgan fingerprint density at radius 3 is 2.48 bits per heavy atom. The summed E-state index contributed by atoms with van der Waals surface area (Å²) in [6.07, 6.45) is 0. The molecule has 138 valence electrons. The Hall–Kier alpha value is -2.43. The summed E-state index contributed by atoms with van der Waals surface area (Å²) in [5.74, 6) is 1.34. The Kier molecular flexibility index (Phi) is 4.62. The molecule has 4 rings (SSSR count). The molecule has 4 aromatic rings. The van der Waals surface area contributed by atoms with Crippen molar-refractivity contribution in [2.75, 3.05) is 0 Å². The number of ether oxygens (including phenoxy) is 1. The number of hydrogen-bond donors (Lipinski definition) is 0. The lowest BCUT2D eigenvalue weighted by molar-refractivity contribution is 0.302. The smallest absolute Gasteiger partial charge is 0.266 e. The van der Waals surface area contributed by atoms with Crippen LogP contribution in [-0.2, 0) is 6.61 Å². The topological polar surface area (TPSA) is 39.7 Å². The first-order chi connectivity index (χ1) is 12.9. The normalized spacial score (nSPS) is 11.3. The molecule has 0 amide bonds. The molecule has 4 nitrogen and oxygen atoms in total. The molecule has 2 aromatic heterocycles. The fraction of sp³-hybridized carbons (Fsp3) is 0.190. The lowest BCUT2D eigenvalue weighted by atomic mass is 10.1. The van der Waals surface area contributed by atoms with Crippen LogP contribution >= 0.6 is 23.2 Å². The summed E-state index contributed by atoms with van der Waals surface area (Å²) >= 11 is 12.4. The Balaban J connectivity index is 1.73. The van der Waals surface area contributed by atoms with Crippen molar-refractivity contribution in [2.24, 2.45) is 0 Å². The molecule has 0 unspecified atom stereocenters. The van der Waals surface area contributed by atoms with Gasteiger partial charge in [-0.15, -0.1) is 0 Å². The maximum Gasteiger partial charge on any atom is 0.266 e. The minimum Gasteiger partial charge on any atom is -0.482 e. The van der Waals surface area contributed by atoms with Crippen molar-refractivity contribution >= 4 is 28.9 Å². The van der Waals surface area contributed by atoms with Gasteiger partial charge >= 0.3 is 0 Å². The van der Waals surface area contributed by atoms with Crippen LogP contribution in [0, 0.1) is 20.8 Å². The van der Waals surface area contributed by atoms with Crippen molar-refractivity contribution in [3.63, 3.8) is 0 Å². The van der Waals surface area contributed by atoms with E-state index in [0.29, 0.717) is 33.9 Å². The van der Waals surface area contributed by atoms with Crippen molar-refractivity contribution in [1.82, 2.24) is 9.61 Å². The Labute approximate surface area is 167 Å². The fourth-order valence-electron chi connectivity index (χ4n) is 3.07. The van der Waals surface area contributed by atoms with E-state index < -0.39 is 0 Å². The van der Waals surface area contributed by atoms with Crippen molar-refractivity contribution in [3.05, 3.63) is 75.1 Å². The van der Waals surface area contributed by atoms with Crippen LogP contribution in [0.3, 0.4) is 0 Å². The SMILES string of the molecule is Cc1ccc(COc2c(C)nn3c(-c4ccc(Cl)cc4Cl)c(C)oc23)cc1. The second-order valence-corrected chi connectivity index (χ2v) is 7.38. The zero-order chi connectivity index (χ0) is 19.1. The number of halogens is 2. The molecule has 0 atom stereocenters. The van der Waals surface area contributed by atoms with E-state index in [4.69, 9.17) is 32.4 Å². The van der Waals surface area contributed by atoms with E-state index in [2.05, 4.69) is 36.3 Å². The van der Waals surface area contributed by atoms with Crippen molar-refractivity contribution in [3.8, 4) is 17.0 Å². The molecule has 0 saturated carbocycles. The third kappa shape index (κ3) is 3.31. The summed E-state index contributed by atoms with van der Waals surface area (Å²) in [5.41, 5.74) is 5.23. The molecule has 27 heavy (non-hydrogen) atoms. The Morgan fingerprint density at radius 2 is 1.78 bits per heavy atom. The molecule has 0 radical (unpaired) electrons. The van der Waals surface area contributed by atoms with E-state index in [0.717, 1.165) is 22.5 Å². The molecule has 0 aliphatic carbocycles. The maximum atomic E-state index is 6.40. The highest BCUT2D eigenvalue weighted by atomic mass is 35.5. The van der Waals surface area contributed by atoms with Gasteiger partial charge in [0.25, 0.3) is 5.71 Å². The van der Waals surface area contributed by atoms with E-state index in [-0.39, 0.29) is 0 Å². The Morgan fingerprint density at radius 1 is 1.04 bits per heavy atom. The molecular formula is C21H18Cl2N2O2. The third-order valence-corrected chi connectivity index (χ3v) is 5.00. The van der Waals surface area contributed by atoms with Crippen LogP contribution < -0.4 is 4.74 Å². The molecule has 0 bridgehead atoms. The van der Waals surface area contributed by atoms with Crippen LogP contribution in [0.15, 0.2) is 46.9 Å². The quantitative estimate of drug-likeness (QED) is 0.397. The monoisotopic (exact) mass is 400 g/mol. The van der Waals surface area contributed by atoms with E-state index in [9.17, 15) is 0 Å². The van der Waals surface area contributed by atoms with Crippen molar-refractivity contribution in [2.45, 2.75) is 27.4 Å². The number of rotatable bonds is 4. The number of aromatic nitrogens is 2. The fourth-order valence-corrected chi connectivity index (χ4v) is 3.56. The number of oxazole rings is 1. The van der Waals surface area contributed by atoms with Crippen LogP contribution in [0.25, 0.3) is 17.0 Å². The van der Waals surface area contributed by atoms with Gasteiger partial charge in [-0.1, -0.05) is 53.0 Å². The van der Waals surface area contributed by atoms with Crippen LogP contribution in [0.2, 0.25) is 10.0 Å². The first-order valence-electron chi connectivity index (χ1n) is 8.56. The predicted molar refractivity (Wildman–Crippen MR) is 108 cm³/mol. The lowest BCUT2D eigenvalue weighted by Gasteiger charge is -2.05. The van der Waals surface area contributed by atoms with Gasteiger partial charge in [0.2, 0.25) is 5.75 Å². The molecule has 0 aliphatic rings. The number of nitrogens with zero attached hydrogens (tertiary/aromatic N) is 2. The summed E-state index contributed by atoms with van der Waals surface area (Å²) in [6, 6.07) is 13.6. The summed E-state index contributed by atoms with van der Waals surface area (Å²) in [7, 11) is 0. The van der Waals surface area contributed by atoms with Crippen molar-refractivity contribution < 1.29 is 9.15 Å². The van der Waals surface area contributed by atoms with Crippen LogP contribution in [0.4, 0.5) is 0 Å². The van der Waals surface area contributed by atoms with E-state index in [1.54, 1.807) is 16.6 Å². The summed E-state index contributed by atoms with van der Waals surface area (Å²) in [6.45, 7) is 6.29. The number of benzene rings is 2. The molecule has 2 heterocycles. The minimum absolute atomic E-state index is 0.444. The second kappa shape index (κ2) is 6.95. The first-order valence-corrected chi connectivity index (χ1v) is 9.32. The standard InChI is InChI=1S/C21H18Cl2N2O2/c1-12-4-6-15(7-5-12)11-26-20-13(2)24-25-19(14(3)27-21(20)25)17-9-8-16(22)10-18(17)23/h4-10H,11H2,1-3H3. The highest BCUT2D eigenvalue weighted by Crippen LogP contribution is 2.37. The average Bonchev–Trinajstić information content (AvgIpc) is 3.08. The predicted octanol–water partition coefficient (Wildman–Crippen LogP) is 6.41. The van der Waals surface area contributed by atoms with Gasteiger partial charge in [-0.2, -0.15) is 9.61 Å². The van der Waals surface area contributed by atoms with Gasteiger partial charge in [0, 0.05) is 10.6 Å². The van der Waals surface area contributed by atoms with E-state index in [1.807, 2.05) is 19.9 Å². The van der Waals surface area contributed by atoms with Crippen LogP contribution in [0.5, 0.6) is 5.75 Å². The van der Waals surface area contributed by atoms with Gasteiger partial charge in [0.1, 0.15) is 23.8 Å². The van der Waals surface area contributed by atoms with Gasteiger partial charge in [-0.25, -0.2) is 0 Å². The summed E-state index contributed by atoms with van der Waals surface area (Å²) < 4.78 is 13.8. The van der Waals surface area contributed by atoms with Gasteiger partial charge in [-0.05, 0) is 44.5 Å². The molecule has 0 fully saturated rings. The largest absolute Gasteiger partial charge is 0.482 e. The van der Waals surface area contributed by atoms with Crippen LogP contribution in [0.1, 0.15) is 22.6 Å². The summed E-state index contributed by atoms with van der Waals surface area (Å²) in [5, 5.41) is 5.73. The Bertz CT molecular complexity index is 1130. The van der Waals surface area contributed by atoms with Gasteiger partial charge in [-0.3, -0.25) is 0 Å². The summed E-state index contributed by atoms with van der Waals surface area (Å²) in [4.78, 5) is 0. The molecule has 0 spiro atoms. The number of aryl methyl sites for hydroxylation is 3. The van der Waals surface area contributed by atoms with Crippen LogP contribution in [-0.4, -0.2) is 9.61 Å². The zero-order valence-corrected chi connectivity index (χ0v) is 16.7. The molecule has 6 heteroatoms. The molecule has 0 aliphatic heterocycles. The number of hydrogen-bond acceptors (Lipinski definition) is 3. The minimum atomic E-state index is 0.444. The third-order valence-electron chi connectivity index (χ3n) is 4.45. The molecular weight excluding hydrogens is 383 g/mol. The molecule has 0 N–H and O–H groups in total. The highest BCUT2D eigenvalue weighted by Gasteiger charge is 2.22. The van der Waals surface area contributed by atoms with E-state index >= 15 is 0 Å². The molecule has 2 aromatic carbocycles. The highest BCUT2D eigenvalue weighted by molar-refractivity contribution is 6.36. The van der Waals surface area contributed by atoms with Gasteiger partial charge < -0.3 is 9.15 Å². The van der Waals surface area contributed by atoms with E-state index in [1.165, 1.54) is 5.56 Å². The van der Waals surface area contributed by atoms with Gasteiger partial charge in [0.05, 0.1) is 5.02 Å².